The van der Waals surface area contributed by atoms with Crippen molar-refractivity contribution in [3.05, 3.63) is 29.8 Å². The molecular weight excluding hydrogens is 362 g/mol. The highest BCUT2D eigenvalue weighted by Gasteiger charge is 2.55. The second kappa shape index (κ2) is 7.32. The SMILES string of the molecule is COc1cccc(C(C#N)N2CCN(C(=O)C34CC5CC(CC(C5)C3)C4)CC2)c1. The maximum atomic E-state index is 13.6. The minimum absolute atomic E-state index is 0.0572. The number of methoxy groups -OCH3 is 1. The number of hydrogen-bond acceptors (Lipinski definition) is 4. The number of rotatable bonds is 4. The van der Waals surface area contributed by atoms with Crippen molar-refractivity contribution in [1.82, 2.24) is 9.80 Å². The summed E-state index contributed by atoms with van der Waals surface area (Å²) in [7, 11) is 1.65. The molecule has 5 fully saturated rings. The van der Waals surface area contributed by atoms with E-state index in [9.17, 15) is 10.1 Å². The Balaban J connectivity index is 1.25. The smallest absolute Gasteiger partial charge is 0.228 e. The number of benzene rings is 1. The number of amides is 1. The molecule has 4 bridgehead atoms. The van der Waals surface area contributed by atoms with Gasteiger partial charge in [0, 0.05) is 26.2 Å². The molecule has 5 nitrogen and oxygen atoms in total. The lowest BCUT2D eigenvalue weighted by atomic mass is 9.49. The lowest BCUT2D eigenvalue weighted by Crippen LogP contribution is -2.58. The topological polar surface area (TPSA) is 56.6 Å². The predicted molar refractivity (Wildman–Crippen MR) is 110 cm³/mol. The van der Waals surface area contributed by atoms with Gasteiger partial charge in [0.1, 0.15) is 11.8 Å². The van der Waals surface area contributed by atoms with Gasteiger partial charge in [0.05, 0.1) is 18.6 Å². The third-order valence-corrected chi connectivity index (χ3v) is 7.99. The lowest BCUT2D eigenvalue weighted by Gasteiger charge is -2.57. The molecule has 4 aliphatic carbocycles. The van der Waals surface area contributed by atoms with E-state index in [0.29, 0.717) is 5.91 Å². The van der Waals surface area contributed by atoms with Crippen molar-refractivity contribution in [3.8, 4) is 11.8 Å². The molecule has 6 rings (SSSR count). The average Bonchev–Trinajstić information content (AvgIpc) is 2.73. The number of carbonyl (C=O) groups excluding carboxylic acids is 1. The van der Waals surface area contributed by atoms with Crippen molar-refractivity contribution in [2.75, 3.05) is 33.3 Å². The molecule has 29 heavy (non-hydrogen) atoms. The second-order valence-electron chi connectivity index (χ2n) is 9.83. The fourth-order valence-corrected chi connectivity index (χ4v) is 7.07. The Morgan fingerprint density at radius 1 is 1.10 bits per heavy atom. The third-order valence-electron chi connectivity index (χ3n) is 7.99. The van der Waals surface area contributed by atoms with Gasteiger partial charge in [-0.15, -0.1) is 0 Å². The molecule has 154 valence electrons. The monoisotopic (exact) mass is 393 g/mol. The fraction of sp³-hybridized carbons (Fsp3) is 0.667. The summed E-state index contributed by atoms with van der Waals surface area (Å²) in [6.45, 7) is 2.99. The highest BCUT2D eigenvalue weighted by molar-refractivity contribution is 5.83. The Morgan fingerprint density at radius 3 is 2.28 bits per heavy atom. The van der Waals surface area contributed by atoms with Crippen molar-refractivity contribution in [3.63, 3.8) is 0 Å². The van der Waals surface area contributed by atoms with Crippen LogP contribution >= 0.6 is 0 Å². The first-order chi connectivity index (χ1) is 14.1. The molecule has 1 aromatic rings. The Kier molecular flexibility index (Phi) is 4.78. The zero-order valence-electron chi connectivity index (χ0n) is 17.3. The summed E-state index contributed by atoms with van der Waals surface area (Å²) in [4.78, 5) is 17.9. The molecule has 0 spiro atoms. The zero-order chi connectivity index (χ0) is 20.0. The molecule has 5 heteroatoms. The van der Waals surface area contributed by atoms with Crippen LogP contribution in [0.4, 0.5) is 0 Å². The Morgan fingerprint density at radius 2 is 1.72 bits per heavy atom. The van der Waals surface area contributed by atoms with E-state index in [0.717, 1.165) is 74.5 Å². The highest BCUT2D eigenvalue weighted by atomic mass is 16.5. The molecule has 0 N–H and O–H groups in total. The van der Waals surface area contributed by atoms with Gasteiger partial charge in [-0.25, -0.2) is 0 Å². The largest absolute Gasteiger partial charge is 0.497 e. The second-order valence-corrected chi connectivity index (χ2v) is 9.83. The van der Waals surface area contributed by atoms with Crippen molar-refractivity contribution < 1.29 is 9.53 Å². The van der Waals surface area contributed by atoms with E-state index in [4.69, 9.17) is 4.74 Å². The normalized spacial score (nSPS) is 34.6. The zero-order valence-corrected chi connectivity index (χ0v) is 17.3. The minimum atomic E-state index is -0.290. The van der Waals surface area contributed by atoms with Gasteiger partial charge in [-0.3, -0.25) is 9.69 Å². The number of nitriles is 1. The van der Waals surface area contributed by atoms with Crippen LogP contribution in [0.3, 0.4) is 0 Å². The van der Waals surface area contributed by atoms with Crippen LogP contribution in [0.25, 0.3) is 0 Å². The van der Waals surface area contributed by atoms with Gasteiger partial charge in [0.15, 0.2) is 0 Å². The van der Waals surface area contributed by atoms with Crippen LogP contribution in [0, 0.1) is 34.5 Å². The van der Waals surface area contributed by atoms with E-state index in [1.165, 1.54) is 19.3 Å². The van der Waals surface area contributed by atoms with Crippen molar-refractivity contribution in [1.29, 1.82) is 5.26 Å². The first-order valence-corrected chi connectivity index (χ1v) is 11.2. The number of hydrogen-bond donors (Lipinski definition) is 0. The van der Waals surface area contributed by atoms with Gasteiger partial charge < -0.3 is 9.64 Å². The summed E-state index contributed by atoms with van der Waals surface area (Å²) in [5.74, 6) is 3.58. The standard InChI is InChI=1S/C24H31N3O2/c1-29-21-4-2-3-20(12-21)22(16-25)26-5-7-27(8-6-26)23(28)24-13-17-9-18(14-24)11-19(10-17)15-24/h2-4,12,17-19,22H,5-11,13-15H2,1H3. The van der Waals surface area contributed by atoms with Crippen LogP contribution in [0.2, 0.25) is 0 Å². The quantitative estimate of drug-likeness (QED) is 0.784. The van der Waals surface area contributed by atoms with Crippen LogP contribution < -0.4 is 4.74 Å². The molecule has 4 saturated carbocycles. The molecule has 1 unspecified atom stereocenters. The molecule has 1 amide bonds. The van der Waals surface area contributed by atoms with E-state index >= 15 is 0 Å². The van der Waals surface area contributed by atoms with Crippen molar-refractivity contribution in [2.24, 2.45) is 23.2 Å². The Hall–Kier alpha value is -2.06. The van der Waals surface area contributed by atoms with E-state index in [-0.39, 0.29) is 11.5 Å². The lowest BCUT2D eigenvalue weighted by molar-refractivity contribution is -0.159. The molecule has 1 saturated heterocycles. The van der Waals surface area contributed by atoms with Crippen LogP contribution in [-0.2, 0) is 4.79 Å². The molecule has 1 aromatic carbocycles. The number of nitrogens with zero attached hydrogens (tertiary/aromatic N) is 3. The van der Waals surface area contributed by atoms with Crippen molar-refractivity contribution in [2.45, 2.75) is 44.6 Å². The van der Waals surface area contributed by atoms with Gasteiger partial charge in [-0.1, -0.05) is 12.1 Å². The summed E-state index contributed by atoms with van der Waals surface area (Å²) in [5, 5.41) is 9.81. The van der Waals surface area contributed by atoms with Gasteiger partial charge in [-0.05, 0) is 74.0 Å². The van der Waals surface area contributed by atoms with E-state index in [2.05, 4.69) is 15.9 Å². The minimum Gasteiger partial charge on any atom is -0.497 e. The Labute approximate surface area is 173 Å². The molecule has 0 radical (unpaired) electrons. The summed E-state index contributed by atoms with van der Waals surface area (Å²) in [5.41, 5.74) is 0.908. The fourth-order valence-electron chi connectivity index (χ4n) is 7.07. The van der Waals surface area contributed by atoms with Crippen LogP contribution in [0.1, 0.15) is 50.1 Å². The summed E-state index contributed by atoms with van der Waals surface area (Å²) in [6.07, 6.45) is 7.48. The first kappa shape index (κ1) is 18.9. The molecule has 5 aliphatic rings. The third kappa shape index (κ3) is 3.32. The van der Waals surface area contributed by atoms with E-state index in [1.807, 2.05) is 24.3 Å². The molecular formula is C24H31N3O2. The van der Waals surface area contributed by atoms with Crippen molar-refractivity contribution >= 4 is 5.91 Å². The summed E-state index contributed by atoms with van der Waals surface area (Å²) in [6, 6.07) is 9.94. The maximum Gasteiger partial charge on any atom is 0.228 e. The number of ether oxygens (including phenoxy) is 1. The van der Waals surface area contributed by atoms with Gasteiger partial charge in [0.25, 0.3) is 0 Å². The maximum absolute atomic E-state index is 13.6. The van der Waals surface area contributed by atoms with E-state index < -0.39 is 0 Å². The molecule has 1 heterocycles. The van der Waals surface area contributed by atoms with Gasteiger partial charge in [0.2, 0.25) is 5.91 Å². The first-order valence-electron chi connectivity index (χ1n) is 11.2. The predicted octanol–water partition coefficient (Wildman–Crippen LogP) is 3.62. The van der Waals surface area contributed by atoms with Gasteiger partial charge >= 0.3 is 0 Å². The van der Waals surface area contributed by atoms with Gasteiger partial charge in [-0.2, -0.15) is 5.26 Å². The van der Waals surface area contributed by atoms with E-state index in [1.54, 1.807) is 7.11 Å². The highest BCUT2D eigenvalue weighted by Crippen LogP contribution is 2.60. The van der Waals surface area contributed by atoms with Crippen LogP contribution in [0.15, 0.2) is 24.3 Å². The van der Waals surface area contributed by atoms with Crippen LogP contribution in [-0.4, -0.2) is 49.0 Å². The number of piperazine rings is 1. The summed E-state index contributed by atoms with van der Waals surface area (Å²) < 4.78 is 5.32. The van der Waals surface area contributed by atoms with Crippen LogP contribution in [0.5, 0.6) is 5.75 Å². The molecule has 1 atom stereocenters. The molecule has 0 aromatic heterocycles. The molecule has 1 aliphatic heterocycles. The summed E-state index contributed by atoms with van der Waals surface area (Å²) >= 11 is 0. The number of carbonyl (C=O) groups is 1. The Bertz CT molecular complexity index is 786. The average molecular weight is 394 g/mol.